The van der Waals surface area contributed by atoms with Crippen LogP contribution >= 0.6 is 0 Å². The predicted octanol–water partition coefficient (Wildman–Crippen LogP) is -1.15. The Morgan fingerprint density at radius 2 is 2.04 bits per heavy atom. The molecular formula is C14H27N7O3. The highest BCUT2D eigenvalue weighted by Gasteiger charge is 2.25. The van der Waals surface area contributed by atoms with Gasteiger partial charge in [0.2, 0.25) is 11.8 Å². The second-order valence-electron chi connectivity index (χ2n) is 5.79. The van der Waals surface area contributed by atoms with E-state index in [0.717, 1.165) is 25.9 Å². The van der Waals surface area contributed by atoms with Crippen molar-refractivity contribution in [2.45, 2.75) is 31.3 Å². The van der Waals surface area contributed by atoms with Gasteiger partial charge in [0.05, 0.1) is 6.61 Å². The number of carbonyl (C=O) groups is 1. The Bertz CT molecular complexity index is 504. The molecule has 1 aromatic rings. The van der Waals surface area contributed by atoms with E-state index >= 15 is 0 Å². The minimum atomic E-state index is -0.722. The lowest BCUT2D eigenvalue weighted by atomic mass is 10.1. The van der Waals surface area contributed by atoms with Gasteiger partial charge in [-0.25, -0.2) is 4.79 Å². The van der Waals surface area contributed by atoms with Gasteiger partial charge in [0, 0.05) is 26.2 Å². The Balaban J connectivity index is 2.02. The molecule has 1 aliphatic heterocycles. The second kappa shape index (κ2) is 9.52. The largest absolute Gasteiger partial charge is 0.421 e. The number of nitrogens with one attached hydrogen (secondary N) is 2. The molecule has 2 atom stereocenters. The molecule has 10 nitrogen and oxygen atoms in total. The third-order valence-electron chi connectivity index (χ3n) is 3.92. The molecule has 0 aromatic carbocycles. The highest BCUT2D eigenvalue weighted by atomic mass is 16.4. The third-order valence-corrected chi connectivity index (χ3v) is 3.92. The summed E-state index contributed by atoms with van der Waals surface area (Å²) in [4.78, 5) is 14.2. The summed E-state index contributed by atoms with van der Waals surface area (Å²) >= 11 is 0. The number of aliphatic hydroxyl groups excluding tert-OH is 1. The van der Waals surface area contributed by atoms with Gasteiger partial charge in [-0.3, -0.25) is 0 Å². The van der Waals surface area contributed by atoms with E-state index in [1.807, 2.05) is 0 Å². The lowest BCUT2D eigenvalue weighted by Gasteiger charge is -2.29. The van der Waals surface area contributed by atoms with Crippen molar-refractivity contribution in [1.82, 2.24) is 25.7 Å². The number of carbonyl (C=O) groups excluding carboxylic acids is 1. The molecule has 24 heavy (non-hydrogen) atoms. The lowest BCUT2D eigenvalue weighted by molar-refractivity contribution is 0.182. The molecule has 0 unspecified atom stereocenters. The van der Waals surface area contributed by atoms with Crippen LogP contribution in [0.25, 0.3) is 0 Å². The quantitative estimate of drug-likeness (QED) is 0.371. The standard InChI is InChI=1S/C14H27N7O3/c15-4-2-1-3-11(13-20-19-12(24-13)10(16)9-22)18-14(23)21-7-5-17-6-8-21/h10-11,17,22H,1-9,15-16H2,(H,18,23)/t10-,11-/m0/s1. The molecule has 10 heteroatoms. The van der Waals surface area contributed by atoms with Crippen molar-refractivity contribution in [3.05, 3.63) is 11.8 Å². The number of aromatic nitrogens is 2. The van der Waals surface area contributed by atoms with Crippen LogP contribution in [0.1, 0.15) is 43.1 Å². The van der Waals surface area contributed by atoms with Crippen LogP contribution in [0.5, 0.6) is 0 Å². The average molecular weight is 341 g/mol. The highest BCUT2D eigenvalue weighted by Crippen LogP contribution is 2.20. The molecule has 2 rings (SSSR count). The summed E-state index contributed by atoms with van der Waals surface area (Å²) in [5, 5.41) is 23.1. The number of aliphatic hydroxyl groups is 1. The fourth-order valence-electron chi connectivity index (χ4n) is 2.47. The van der Waals surface area contributed by atoms with Gasteiger partial charge >= 0.3 is 6.03 Å². The number of hydrogen-bond donors (Lipinski definition) is 5. The van der Waals surface area contributed by atoms with Crippen molar-refractivity contribution in [3.63, 3.8) is 0 Å². The molecule has 1 aromatic heterocycles. The molecule has 136 valence electrons. The van der Waals surface area contributed by atoms with E-state index < -0.39 is 12.1 Å². The van der Waals surface area contributed by atoms with E-state index in [9.17, 15) is 4.79 Å². The first-order valence-corrected chi connectivity index (χ1v) is 8.31. The number of piperazine rings is 1. The predicted molar refractivity (Wildman–Crippen MR) is 86.9 cm³/mol. The van der Waals surface area contributed by atoms with Gasteiger partial charge in [-0.2, -0.15) is 0 Å². The van der Waals surface area contributed by atoms with Crippen LogP contribution in [0.4, 0.5) is 4.79 Å². The van der Waals surface area contributed by atoms with Crippen LogP contribution in [0, 0.1) is 0 Å². The van der Waals surface area contributed by atoms with Crippen LogP contribution in [-0.2, 0) is 0 Å². The van der Waals surface area contributed by atoms with Gasteiger partial charge in [0.25, 0.3) is 0 Å². The Kier molecular flexibility index (Phi) is 7.37. The first kappa shape index (κ1) is 18.6. The summed E-state index contributed by atoms with van der Waals surface area (Å²) in [6.45, 7) is 3.18. The third kappa shape index (κ3) is 5.13. The van der Waals surface area contributed by atoms with Crippen molar-refractivity contribution in [2.75, 3.05) is 39.3 Å². The second-order valence-corrected chi connectivity index (χ2v) is 5.79. The van der Waals surface area contributed by atoms with Crippen molar-refractivity contribution in [2.24, 2.45) is 11.5 Å². The van der Waals surface area contributed by atoms with Crippen molar-refractivity contribution in [1.29, 1.82) is 0 Å². The van der Waals surface area contributed by atoms with E-state index in [1.54, 1.807) is 4.90 Å². The molecule has 0 radical (unpaired) electrons. The number of amides is 2. The average Bonchev–Trinajstić information content (AvgIpc) is 3.11. The summed E-state index contributed by atoms with van der Waals surface area (Å²) in [5.74, 6) is 0.460. The molecular weight excluding hydrogens is 314 g/mol. The molecule has 1 aliphatic rings. The summed E-state index contributed by atoms with van der Waals surface area (Å²) < 4.78 is 5.53. The van der Waals surface area contributed by atoms with Crippen LogP contribution in [0.2, 0.25) is 0 Å². The summed E-state index contributed by atoms with van der Waals surface area (Å²) in [6.07, 6.45) is 2.31. The minimum Gasteiger partial charge on any atom is -0.421 e. The van der Waals surface area contributed by atoms with Gasteiger partial charge in [0.15, 0.2) is 0 Å². The van der Waals surface area contributed by atoms with Gasteiger partial charge in [0.1, 0.15) is 12.1 Å². The van der Waals surface area contributed by atoms with Gasteiger partial charge in [-0.05, 0) is 25.8 Å². The van der Waals surface area contributed by atoms with Crippen LogP contribution in [-0.4, -0.2) is 65.6 Å². The van der Waals surface area contributed by atoms with E-state index in [-0.39, 0.29) is 18.5 Å². The van der Waals surface area contributed by atoms with E-state index in [4.69, 9.17) is 21.0 Å². The van der Waals surface area contributed by atoms with Gasteiger partial charge in [-0.15, -0.1) is 10.2 Å². The maximum absolute atomic E-state index is 12.4. The van der Waals surface area contributed by atoms with Gasteiger partial charge in [-0.1, -0.05) is 0 Å². The van der Waals surface area contributed by atoms with E-state index in [2.05, 4.69) is 20.8 Å². The molecule has 0 spiro atoms. The Labute approximate surface area is 141 Å². The Morgan fingerprint density at radius 1 is 1.33 bits per heavy atom. The smallest absolute Gasteiger partial charge is 0.318 e. The zero-order valence-electron chi connectivity index (χ0n) is 13.8. The van der Waals surface area contributed by atoms with Gasteiger partial charge < -0.3 is 36.5 Å². The fourth-order valence-corrected chi connectivity index (χ4v) is 2.47. The molecule has 1 fully saturated rings. The molecule has 2 heterocycles. The maximum Gasteiger partial charge on any atom is 0.318 e. The number of rotatable bonds is 8. The Morgan fingerprint density at radius 3 is 2.71 bits per heavy atom. The van der Waals surface area contributed by atoms with E-state index in [1.165, 1.54) is 0 Å². The SMILES string of the molecule is NCCCC[C@H](NC(=O)N1CCNCC1)c1nnc([C@@H](N)CO)o1. The molecule has 1 saturated heterocycles. The monoisotopic (exact) mass is 341 g/mol. The molecule has 2 amide bonds. The lowest BCUT2D eigenvalue weighted by Crippen LogP contribution is -2.50. The minimum absolute atomic E-state index is 0.152. The first-order valence-electron chi connectivity index (χ1n) is 8.31. The summed E-state index contributed by atoms with van der Waals surface area (Å²) in [5.41, 5.74) is 11.2. The highest BCUT2D eigenvalue weighted by molar-refractivity contribution is 5.74. The summed E-state index contributed by atoms with van der Waals surface area (Å²) in [7, 11) is 0. The van der Waals surface area contributed by atoms with Crippen LogP contribution in [0.15, 0.2) is 4.42 Å². The zero-order valence-corrected chi connectivity index (χ0v) is 13.8. The van der Waals surface area contributed by atoms with Crippen LogP contribution in [0.3, 0.4) is 0 Å². The molecule has 0 saturated carbocycles. The Hall–Kier alpha value is -1.75. The fraction of sp³-hybridized carbons (Fsp3) is 0.786. The van der Waals surface area contributed by atoms with Crippen molar-refractivity contribution in [3.8, 4) is 0 Å². The number of hydrogen-bond acceptors (Lipinski definition) is 8. The van der Waals surface area contributed by atoms with E-state index in [0.29, 0.717) is 31.9 Å². The number of unbranched alkanes of at least 4 members (excludes halogenated alkanes) is 1. The zero-order chi connectivity index (χ0) is 17.4. The molecule has 0 bridgehead atoms. The number of urea groups is 1. The van der Waals surface area contributed by atoms with Crippen molar-refractivity contribution >= 4 is 6.03 Å². The molecule has 7 N–H and O–H groups in total. The maximum atomic E-state index is 12.4. The van der Waals surface area contributed by atoms with Crippen molar-refractivity contribution < 1.29 is 14.3 Å². The number of nitrogens with zero attached hydrogens (tertiary/aromatic N) is 3. The first-order chi connectivity index (χ1) is 11.7. The summed E-state index contributed by atoms with van der Waals surface area (Å²) in [6, 6.07) is -1.27. The number of nitrogens with two attached hydrogens (primary N) is 2. The topological polar surface area (TPSA) is 156 Å². The normalized spacial score (nSPS) is 17.5. The molecule has 0 aliphatic carbocycles. The van der Waals surface area contributed by atoms with Crippen LogP contribution < -0.4 is 22.1 Å².